The zero-order chi connectivity index (χ0) is 14.1. The molecule has 2 heterocycles. The Morgan fingerprint density at radius 1 is 1.35 bits per heavy atom. The summed E-state index contributed by atoms with van der Waals surface area (Å²) in [4.78, 5) is 6.93. The van der Waals surface area contributed by atoms with Gasteiger partial charge in [0.25, 0.3) is 0 Å². The summed E-state index contributed by atoms with van der Waals surface area (Å²) >= 11 is 7.84. The average molecular weight is 310 g/mol. The van der Waals surface area contributed by atoms with Gasteiger partial charge in [0.1, 0.15) is 0 Å². The van der Waals surface area contributed by atoms with Gasteiger partial charge in [0.05, 0.1) is 29.6 Å². The summed E-state index contributed by atoms with van der Waals surface area (Å²) in [7, 11) is 0. The third kappa shape index (κ3) is 2.49. The van der Waals surface area contributed by atoms with E-state index in [1.807, 2.05) is 24.4 Å². The fourth-order valence-corrected chi connectivity index (χ4v) is 3.26. The zero-order valence-corrected chi connectivity index (χ0v) is 12.8. The smallest absolute Gasteiger partial charge is 0.186 e. The van der Waals surface area contributed by atoms with E-state index in [9.17, 15) is 0 Å². The number of nitrogens with zero attached hydrogens (tertiary/aromatic N) is 2. The largest absolute Gasteiger partial charge is 0.397 e. The van der Waals surface area contributed by atoms with Crippen LogP contribution < -0.4 is 10.6 Å². The van der Waals surface area contributed by atoms with E-state index in [0.717, 1.165) is 48.3 Å². The Labute approximate surface area is 127 Å². The van der Waals surface area contributed by atoms with Gasteiger partial charge in [0.2, 0.25) is 0 Å². The number of nitrogen functional groups attached to an aromatic ring is 1. The molecule has 0 aliphatic carbocycles. The third-order valence-electron chi connectivity index (χ3n) is 3.42. The van der Waals surface area contributed by atoms with Crippen molar-refractivity contribution in [1.82, 2.24) is 4.98 Å². The van der Waals surface area contributed by atoms with Crippen LogP contribution in [0.1, 0.15) is 5.56 Å². The number of halogens is 1. The topological polar surface area (TPSA) is 51.4 Å². The van der Waals surface area contributed by atoms with Gasteiger partial charge in [-0.1, -0.05) is 23.7 Å². The second-order valence-electron chi connectivity index (χ2n) is 4.77. The fraction of sp³-hybridized carbons (Fsp3) is 0.357. The second-order valence-corrected chi connectivity index (χ2v) is 5.99. The molecule has 2 aromatic rings. The van der Waals surface area contributed by atoms with E-state index >= 15 is 0 Å². The molecular weight excluding hydrogens is 294 g/mol. The van der Waals surface area contributed by atoms with Gasteiger partial charge >= 0.3 is 0 Å². The molecule has 1 aliphatic rings. The lowest BCUT2D eigenvalue weighted by atomic mass is 10.1. The molecule has 1 aromatic heterocycles. The second kappa shape index (κ2) is 5.60. The van der Waals surface area contributed by atoms with Crippen LogP contribution in [0, 0.1) is 6.92 Å². The van der Waals surface area contributed by atoms with Crippen LogP contribution >= 0.6 is 22.9 Å². The van der Waals surface area contributed by atoms with E-state index in [2.05, 4.69) is 9.88 Å². The first-order valence-corrected chi connectivity index (χ1v) is 7.76. The molecule has 20 heavy (non-hydrogen) atoms. The minimum atomic E-state index is 0.602. The highest BCUT2D eigenvalue weighted by molar-refractivity contribution is 7.14. The minimum Gasteiger partial charge on any atom is -0.397 e. The molecule has 1 aromatic carbocycles. The number of nitrogens with two attached hydrogens (primary N) is 1. The first-order valence-electron chi connectivity index (χ1n) is 6.50. The molecule has 2 N–H and O–H groups in total. The quantitative estimate of drug-likeness (QED) is 0.866. The Morgan fingerprint density at radius 3 is 2.85 bits per heavy atom. The van der Waals surface area contributed by atoms with E-state index in [4.69, 9.17) is 22.1 Å². The van der Waals surface area contributed by atoms with Crippen molar-refractivity contribution in [3.63, 3.8) is 0 Å². The molecule has 0 spiro atoms. The first kappa shape index (κ1) is 13.7. The van der Waals surface area contributed by atoms with Gasteiger partial charge in [-0.25, -0.2) is 4.98 Å². The van der Waals surface area contributed by atoms with Gasteiger partial charge in [0, 0.05) is 24.0 Å². The number of aryl methyl sites for hydroxylation is 1. The lowest BCUT2D eigenvalue weighted by Crippen LogP contribution is -2.36. The van der Waals surface area contributed by atoms with E-state index < -0.39 is 0 Å². The molecule has 0 unspecified atom stereocenters. The molecule has 0 radical (unpaired) electrons. The van der Waals surface area contributed by atoms with Crippen LogP contribution in [0.5, 0.6) is 0 Å². The Morgan fingerprint density at radius 2 is 2.10 bits per heavy atom. The molecule has 0 bridgehead atoms. The van der Waals surface area contributed by atoms with Crippen LogP contribution in [-0.2, 0) is 4.74 Å². The van der Waals surface area contributed by atoms with Crippen LogP contribution in [0.25, 0.3) is 11.3 Å². The summed E-state index contributed by atoms with van der Waals surface area (Å²) in [5.41, 5.74) is 9.47. The van der Waals surface area contributed by atoms with Gasteiger partial charge in [0.15, 0.2) is 5.13 Å². The maximum Gasteiger partial charge on any atom is 0.186 e. The molecule has 0 amide bonds. The van der Waals surface area contributed by atoms with Crippen molar-refractivity contribution in [2.24, 2.45) is 0 Å². The summed E-state index contributed by atoms with van der Waals surface area (Å²) in [6.07, 6.45) is 0. The normalized spacial score (nSPS) is 15.6. The predicted molar refractivity (Wildman–Crippen MR) is 84.7 cm³/mol. The van der Waals surface area contributed by atoms with Crippen LogP contribution in [0.15, 0.2) is 17.5 Å². The van der Waals surface area contributed by atoms with Crippen molar-refractivity contribution >= 4 is 33.8 Å². The first-order chi connectivity index (χ1) is 9.66. The van der Waals surface area contributed by atoms with Crippen molar-refractivity contribution in [2.75, 3.05) is 36.9 Å². The van der Waals surface area contributed by atoms with Crippen LogP contribution in [0.3, 0.4) is 0 Å². The Hall–Kier alpha value is -1.30. The highest BCUT2D eigenvalue weighted by Crippen LogP contribution is 2.35. The van der Waals surface area contributed by atoms with E-state index in [-0.39, 0.29) is 0 Å². The van der Waals surface area contributed by atoms with Crippen LogP contribution in [0.4, 0.5) is 10.8 Å². The minimum absolute atomic E-state index is 0.602. The van der Waals surface area contributed by atoms with Crippen molar-refractivity contribution in [1.29, 1.82) is 0 Å². The number of aromatic nitrogens is 1. The van der Waals surface area contributed by atoms with Crippen molar-refractivity contribution in [3.8, 4) is 11.3 Å². The summed E-state index contributed by atoms with van der Waals surface area (Å²) in [5, 5.41) is 3.66. The van der Waals surface area contributed by atoms with E-state index in [1.54, 1.807) is 11.3 Å². The zero-order valence-electron chi connectivity index (χ0n) is 11.2. The van der Waals surface area contributed by atoms with E-state index in [1.165, 1.54) is 0 Å². The van der Waals surface area contributed by atoms with Crippen LogP contribution in [0.2, 0.25) is 5.02 Å². The van der Waals surface area contributed by atoms with Crippen molar-refractivity contribution < 1.29 is 4.74 Å². The van der Waals surface area contributed by atoms with E-state index in [0.29, 0.717) is 10.7 Å². The number of anilines is 2. The van der Waals surface area contributed by atoms with Gasteiger partial charge in [-0.15, -0.1) is 11.3 Å². The number of benzene rings is 1. The molecule has 1 saturated heterocycles. The standard InChI is InChI=1S/C14H16ClN3OS/c1-9-2-3-10(13(16)12(9)15)11-8-20-14(17-11)18-4-6-19-7-5-18/h2-3,8H,4-7,16H2,1H3. The molecule has 1 aliphatic heterocycles. The highest BCUT2D eigenvalue weighted by atomic mass is 35.5. The summed E-state index contributed by atoms with van der Waals surface area (Å²) < 4.78 is 5.36. The van der Waals surface area contributed by atoms with Gasteiger partial charge in [-0.3, -0.25) is 0 Å². The number of thiazole rings is 1. The van der Waals surface area contributed by atoms with Gasteiger partial charge in [-0.05, 0) is 12.5 Å². The number of morpholine rings is 1. The summed E-state index contributed by atoms with van der Waals surface area (Å²) in [6.45, 7) is 5.23. The summed E-state index contributed by atoms with van der Waals surface area (Å²) in [6, 6.07) is 3.95. The van der Waals surface area contributed by atoms with Gasteiger partial charge < -0.3 is 15.4 Å². The molecular formula is C14H16ClN3OS. The summed E-state index contributed by atoms with van der Waals surface area (Å²) in [5.74, 6) is 0. The Bertz CT molecular complexity index is 623. The SMILES string of the molecule is Cc1ccc(-c2csc(N3CCOCC3)n2)c(N)c1Cl. The average Bonchev–Trinajstić information content (AvgIpc) is 2.95. The molecule has 0 saturated carbocycles. The lowest BCUT2D eigenvalue weighted by molar-refractivity contribution is 0.122. The Kier molecular flexibility index (Phi) is 3.83. The number of ether oxygens (including phenoxy) is 1. The molecule has 4 nitrogen and oxygen atoms in total. The highest BCUT2D eigenvalue weighted by Gasteiger charge is 2.17. The van der Waals surface area contributed by atoms with Crippen LogP contribution in [-0.4, -0.2) is 31.3 Å². The fourth-order valence-electron chi connectivity index (χ4n) is 2.21. The number of rotatable bonds is 2. The van der Waals surface area contributed by atoms with Crippen molar-refractivity contribution in [2.45, 2.75) is 6.92 Å². The molecule has 1 fully saturated rings. The Balaban J connectivity index is 1.92. The van der Waals surface area contributed by atoms with Gasteiger partial charge in [-0.2, -0.15) is 0 Å². The number of hydrogen-bond acceptors (Lipinski definition) is 5. The molecule has 0 atom stereocenters. The maximum absolute atomic E-state index is 6.21. The molecule has 106 valence electrons. The van der Waals surface area contributed by atoms with Crippen molar-refractivity contribution in [3.05, 3.63) is 28.1 Å². The number of hydrogen-bond donors (Lipinski definition) is 1. The third-order valence-corrected chi connectivity index (χ3v) is 4.83. The molecule has 6 heteroatoms. The predicted octanol–water partition coefficient (Wildman–Crippen LogP) is 3.19. The maximum atomic E-state index is 6.21. The monoisotopic (exact) mass is 309 g/mol. The molecule has 3 rings (SSSR count). The lowest BCUT2D eigenvalue weighted by Gasteiger charge is -2.26.